The van der Waals surface area contributed by atoms with Crippen molar-refractivity contribution < 1.29 is 9.59 Å². The Morgan fingerprint density at radius 1 is 1.04 bits per heavy atom. The molecule has 5 heteroatoms. The quantitative estimate of drug-likeness (QED) is 0.868. The van der Waals surface area contributed by atoms with Gasteiger partial charge in [-0.05, 0) is 37.9 Å². The van der Waals surface area contributed by atoms with Crippen molar-refractivity contribution >= 4 is 11.8 Å². The molecule has 2 aliphatic rings. The summed E-state index contributed by atoms with van der Waals surface area (Å²) in [4.78, 5) is 28.0. The van der Waals surface area contributed by atoms with E-state index in [4.69, 9.17) is 0 Å². The summed E-state index contributed by atoms with van der Waals surface area (Å²) >= 11 is 0. The molecule has 0 aliphatic carbocycles. The molecular weight excluding hydrogens is 302 g/mol. The molecule has 24 heavy (non-hydrogen) atoms. The van der Waals surface area contributed by atoms with Crippen LogP contribution in [0.25, 0.3) is 0 Å². The zero-order valence-corrected chi connectivity index (χ0v) is 14.2. The molecule has 1 atom stereocenters. The number of carbonyl (C=O) groups is 2. The first-order valence-electron chi connectivity index (χ1n) is 9.07. The van der Waals surface area contributed by atoms with Gasteiger partial charge in [0.2, 0.25) is 11.8 Å². The molecular formula is C19H27N3O2. The Bertz CT molecular complexity index is 555. The Morgan fingerprint density at radius 3 is 2.46 bits per heavy atom. The average Bonchev–Trinajstić information content (AvgIpc) is 3.02. The first-order chi connectivity index (χ1) is 11.7. The van der Waals surface area contributed by atoms with Crippen molar-refractivity contribution in [1.29, 1.82) is 0 Å². The molecule has 0 spiro atoms. The fourth-order valence-corrected chi connectivity index (χ4v) is 3.67. The third-order valence-electron chi connectivity index (χ3n) is 5.01. The van der Waals surface area contributed by atoms with E-state index in [1.54, 1.807) is 4.90 Å². The van der Waals surface area contributed by atoms with E-state index in [1.165, 1.54) is 24.8 Å². The first kappa shape index (κ1) is 17.0. The number of piperidine rings is 1. The monoisotopic (exact) mass is 329 g/mol. The lowest BCUT2D eigenvalue weighted by Crippen LogP contribution is -2.43. The van der Waals surface area contributed by atoms with E-state index in [0.717, 1.165) is 19.5 Å². The van der Waals surface area contributed by atoms with Crippen LogP contribution in [0.2, 0.25) is 0 Å². The summed E-state index contributed by atoms with van der Waals surface area (Å²) in [5, 5.41) is 3.05. The minimum Gasteiger partial charge on any atom is -0.353 e. The fraction of sp³-hybridized carbons (Fsp3) is 0.579. The normalized spacial score (nSPS) is 20.2. The highest BCUT2D eigenvalue weighted by Crippen LogP contribution is 2.24. The van der Waals surface area contributed by atoms with Crippen LogP contribution in [0, 0.1) is 0 Å². The predicted molar refractivity (Wildman–Crippen MR) is 93.4 cm³/mol. The van der Waals surface area contributed by atoms with Gasteiger partial charge < -0.3 is 10.2 Å². The molecule has 1 N–H and O–H groups in total. The fourth-order valence-electron chi connectivity index (χ4n) is 3.67. The number of amides is 2. The molecule has 0 aromatic heterocycles. The number of benzene rings is 1. The number of rotatable bonds is 6. The maximum atomic E-state index is 12.2. The Balaban J connectivity index is 1.59. The van der Waals surface area contributed by atoms with Crippen molar-refractivity contribution in [3.8, 4) is 0 Å². The molecule has 1 aromatic carbocycles. The molecule has 2 fully saturated rings. The van der Waals surface area contributed by atoms with E-state index in [1.807, 2.05) is 6.07 Å². The van der Waals surface area contributed by atoms with Gasteiger partial charge >= 0.3 is 0 Å². The summed E-state index contributed by atoms with van der Waals surface area (Å²) in [6.45, 7) is 3.67. The molecule has 0 unspecified atom stereocenters. The largest absolute Gasteiger partial charge is 0.353 e. The number of carbonyl (C=O) groups excluding carboxylic acids is 2. The van der Waals surface area contributed by atoms with E-state index in [2.05, 4.69) is 34.5 Å². The summed E-state index contributed by atoms with van der Waals surface area (Å²) in [5.74, 6) is 0.0454. The van der Waals surface area contributed by atoms with E-state index in [9.17, 15) is 9.59 Å². The number of nitrogens with one attached hydrogen (secondary N) is 1. The van der Waals surface area contributed by atoms with Crippen LogP contribution in [0.5, 0.6) is 0 Å². The maximum Gasteiger partial charge on any atom is 0.239 e. The molecule has 1 aromatic rings. The number of likely N-dealkylation sites (tertiary alicyclic amines) is 2. The Morgan fingerprint density at radius 2 is 1.79 bits per heavy atom. The molecule has 0 saturated carbocycles. The van der Waals surface area contributed by atoms with E-state index in [0.29, 0.717) is 19.5 Å². The van der Waals surface area contributed by atoms with Crippen LogP contribution in [0.15, 0.2) is 30.3 Å². The molecule has 3 rings (SSSR count). The van der Waals surface area contributed by atoms with E-state index in [-0.39, 0.29) is 24.4 Å². The molecule has 5 nitrogen and oxygen atoms in total. The van der Waals surface area contributed by atoms with Gasteiger partial charge in [-0.25, -0.2) is 0 Å². The Hall–Kier alpha value is -1.88. The second-order valence-electron chi connectivity index (χ2n) is 6.75. The lowest BCUT2D eigenvalue weighted by Gasteiger charge is -2.35. The number of nitrogens with zero attached hydrogens (tertiary/aromatic N) is 2. The highest BCUT2D eigenvalue weighted by Gasteiger charge is 2.25. The van der Waals surface area contributed by atoms with Gasteiger partial charge in [0.05, 0.1) is 12.6 Å². The second-order valence-corrected chi connectivity index (χ2v) is 6.75. The molecule has 2 saturated heterocycles. The average molecular weight is 329 g/mol. The summed E-state index contributed by atoms with van der Waals surface area (Å²) < 4.78 is 0. The van der Waals surface area contributed by atoms with Gasteiger partial charge in [0.15, 0.2) is 0 Å². The van der Waals surface area contributed by atoms with E-state index >= 15 is 0 Å². The van der Waals surface area contributed by atoms with Crippen LogP contribution in [-0.2, 0) is 9.59 Å². The molecule has 0 bridgehead atoms. The molecule has 2 aliphatic heterocycles. The van der Waals surface area contributed by atoms with Gasteiger partial charge in [-0.3, -0.25) is 14.5 Å². The van der Waals surface area contributed by atoms with E-state index < -0.39 is 0 Å². The topological polar surface area (TPSA) is 52.7 Å². The van der Waals surface area contributed by atoms with Gasteiger partial charge in [0.25, 0.3) is 0 Å². The lowest BCUT2D eigenvalue weighted by atomic mass is 10.0. The van der Waals surface area contributed by atoms with Crippen LogP contribution in [0.4, 0.5) is 0 Å². The standard InChI is InChI=1S/C19H27N3O2/c23-18(15-22-13-7-10-19(22)24)20-14-17(16-8-3-1-4-9-16)21-11-5-2-6-12-21/h1,3-4,8-9,17H,2,5-7,10-15H2,(H,20,23)/t17-/m0/s1. The van der Waals surface area contributed by atoms with Gasteiger partial charge in [-0.1, -0.05) is 36.8 Å². The van der Waals surface area contributed by atoms with Crippen molar-refractivity contribution in [2.45, 2.75) is 38.1 Å². The summed E-state index contributed by atoms with van der Waals surface area (Å²) in [6, 6.07) is 10.6. The van der Waals surface area contributed by atoms with Crippen molar-refractivity contribution in [2.75, 3.05) is 32.7 Å². The van der Waals surface area contributed by atoms with Gasteiger partial charge in [0.1, 0.15) is 0 Å². The third kappa shape index (κ3) is 4.35. The lowest BCUT2D eigenvalue weighted by molar-refractivity contribution is -0.133. The van der Waals surface area contributed by atoms with Gasteiger partial charge in [-0.15, -0.1) is 0 Å². The first-order valence-corrected chi connectivity index (χ1v) is 9.07. The molecule has 2 amide bonds. The second kappa shape index (κ2) is 8.29. The highest BCUT2D eigenvalue weighted by atomic mass is 16.2. The Kier molecular flexibility index (Phi) is 5.86. The zero-order valence-electron chi connectivity index (χ0n) is 14.2. The van der Waals surface area contributed by atoms with Crippen LogP contribution >= 0.6 is 0 Å². The summed E-state index contributed by atoms with van der Waals surface area (Å²) in [7, 11) is 0. The molecule has 130 valence electrons. The number of hydrogen-bond acceptors (Lipinski definition) is 3. The minimum absolute atomic E-state index is 0.0526. The van der Waals surface area contributed by atoms with Crippen LogP contribution in [0.1, 0.15) is 43.7 Å². The maximum absolute atomic E-state index is 12.2. The van der Waals surface area contributed by atoms with Gasteiger partial charge in [-0.2, -0.15) is 0 Å². The molecule has 0 radical (unpaired) electrons. The number of hydrogen-bond donors (Lipinski definition) is 1. The Labute approximate surface area is 144 Å². The van der Waals surface area contributed by atoms with Crippen LogP contribution in [0.3, 0.4) is 0 Å². The van der Waals surface area contributed by atoms with Crippen LogP contribution < -0.4 is 5.32 Å². The SMILES string of the molecule is O=C(CN1CCCC1=O)NC[C@@H](c1ccccc1)N1CCCCC1. The smallest absolute Gasteiger partial charge is 0.239 e. The predicted octanol–water partition coefficient (Wildman–Crippen LogP) is 1.95. The zero-order chi connectivity index (χ0) is 16.8. The highest BCUT2D eigenvalue weighted by molar-refractivity contribution is 5.85. The van der Waals surface area contributed by atoms with Crippen molar-refractivity contribution in [2.24, 2.45) is 0 Å². The van der Waals surface area contributed by atoms with Crippen molar-refractivity contribution in [3.63, 3.8) is 0 Å². The van der Waals surface area contributed by atoms with Crippen molar-refractivity contribution in [1.82, 2.24) is 15.1 Å². The minimum atomic E-state index is -0.0526. The van der Waals surface area contributed by atoms with Crippen molar-refractivity contribution in [3.05, 3.63) is 35.9 Å². The molecule has 2 heterocycles. The third-order valence-corrected chi connectivity index (χ3v) is 5.01. The summed E-state index contributed by atoms with van der Waals surface area (Å²) in [5.41, 5.74) is 1.25. The summed E-state index contributed by atoms with van der Waals surface area (Å²) in [6.07, 6.45) is 5.18. The van der Waals surface area contributed by atoms with Gasteiger partial charge in [0, 0.05) is 19.5 Å². The van der Waals surface area contributed by atoms with Crippen LogP contribution in [-0.4, -0.2) is 54.3 Å².